The van der Waals surface area contributed by atoms with Crippen LogP contribution in [0.2, 0.25) is 0 Å². The molecule has 0 spiro atoms. The molecule has 12 heteroatoms. The SMILES string of the molecule is CC(C)c1nnc(C(F)(F)F)n1C1C[C@H]2CC[C@@H](C1)N2CC[C@H](NC(=O)C1CCC(F)(F)CC1)c1cccs1. The minimum Gasteiger partial charge on any atom is -0.348 e. The zero-order valence-corrected chi connectivity index (χ0v) is 23.1. The van der Waals surface area contributed by atoms with Gasteiger partial charge in [0.05, 0.1) is 6.04 Å². The molecular formula is C27H36F5N5OS. The maximum atomic E-state index is 13.8. The highest BCUT2D eigenvalue weighted by Gasteiger charge is 2.46. The van der Waals surface area contributed by atoms with E-state index in [0.29, 0.717) is 31.6 Å². The van der Waals surface area contributed by atoms with E-state index in [1.165, 1.54) is 4.57 Å². The first-order valence-corrected chi connectivity index (χ1v) is 14.8. The number of hydrogen-bond acceptors (Lipinski definition) is 5. The van der Waals surface area contributed by atoms with E-state index in [4.69, 9.17) is 0 Å². The van der Waals surface area contributed by atoms with Crippen molar-refractivity contribution in [3.63, 3.8) is 0 Å². The summed E-state index contributed by atoms with van der Waals surface area (Å²) in [5.74, 6) is -3.96. The molecule has 4 heterocycles. The molecule has 4 atom stereocenters. The normalized spacial score (nSPS) is 26.7. The fourth-order valence-electron chi connectivity index (χ4n) is 6.72. The first-order chi connectivity index (χ1) is 18.4. The Bertz CT molecular complexity index is 1110. The standard InChI is InChI=1S/C27H36F5N5OS/c1-16(2)23-34-35-25(27(30,31)32)37(23)20-14-18-5-6-19(15-20)36(18)12-9-21(22-4-3-13-39-22)33-24(38)17-7-10-26(28,29)11-8-17/h3-4,13,16-21H,5-12,14-15H2,1-2H3,(H,33,38)/t18-,19+,20?,21-/m0/s1. The van der Waals surface area contributed by atoms with Crippen molar-refractivity contribution in [1.82, 2.24) is 25.0 Å². The van der Waals surface area contributed by atoms with E-state index in [1.807, 2.05) is 31.4 Å². The predicted molar refractivity (Wildman–Crippen MR) is 138 cm³/mol. The third kappa shape index (κ3) is 6.16. The summed E-state index contributed by atoms with van der Waals surface area (Å²) in [7, 11) is 0. The Hall–Kier alpha value is -2.08. The highest BCUT2D eigenvalue weighted by Crippen LogP contribution is 2.44. The van der Waals surface area contributed by atoms with Gasteiger partial charge in [-0.05, 0) is 56.4 Å². The van der Waals surface area contributed by atoms with Crippen LogP contribution in [0.15, 0.2) is 17.5 Å². The van der Waals surface area contributed by atoms with E-state index in [1.54, 1.807) is 11.3 Å². The molecule has 2 saturated heterocycles. The highest BCUT2D eigenvalue weighted by atomic mass is 32.1. The topological polar surface area (TPSA) is 63.1 Å². The molecule has 3 fully saturated rings. The first kappa shape index (κ1) is 28.4. The van der Waals surface area contributed by atoms with Crippen molar-refractivity contribution in [1.29, 1.82) is 0 Å². The summed E-state index contributed by atoms with van der Waals surface area (Å²) >= 11 is 1.55. The second-order valence-electron chi connectivity index (χ2n) is 11.6. The molecule has 1 saturated carbocycles. The van der Waals surface area contributed by atoms with E-state index in [2.05, 4.69) is 20.4 Å². The summed E-state index contributed by atoms with van der Waals surface area (Å²) in [6.45, 7) is 4.38. The maximum Gasteiger partial charge on any atom is 0.451 e. The number of thiophene rings is 1. The molecule has 2 aliphatic heterocycles. The molecule has 39 heavy (non-hydrogen) atoms. The van der Waals surface area contributed by atoms with Crippen molar-refractivity contribution >= 4 is 17.2 Å². The van der Waals surface area contributed by atoms with E-state index in [-0.39, 0.29) is 61.7 Å². The quantitative estimate of drug-likeness (QED) is 0.356. The van der Waals surface area contributed by atoms with Crippen molar-refractivity contribution in [3.05, 3.63) is 34.0 Å². The van der Waals surface area contributed by atoms with Crippen molar-refractivity contribution in [2.75, 3.05) is 6.54 Å². The third-order valence-electron chi connectivity index (χ3n) is 8.68. The van der Waals surface area contributed by atoms with Crippen LogP contribution in [0.5, 0.6) is 0 Å². The number of carbonyl (C=O) groups is 1. The van der Waals surface area contributed by atoms with E-state index in [0.717, 1.165) is 17.7 Å². The second-order valence-corrected chi connectivity index (χ2v) is 12.6. The van der Waals surface area contributed by atoms with E-state index < -0.39 is 23.8 Å². The Balaban J connectivity index is 1.25. The van der Waals surface area contributed by atoms with Crippen LogP contribution < -0.4 is 5.32 Å². The number of hydrogen-bond donors (Lipinski definition) is 1. The lowest BCUT2D eigenvalue weighted by Crippen LogP contribution is -2.45. The van der Waals surface area contributed by atoms with Crippen LogP contribution in [-0.2, 0) is 11.0 Å². The number of amides is 1. The van der Waals surface area contributed by atoms with Gasteiger partial charge in [-0.2, -0.15) is 13.2 Å². The highest BCUT2D eigenvalue weighted by molar-refractivity contribution is 7.10. The van der Waals surface area contributed by atoms with Gasteiger partial charge < -0.3 is 9.88 Å². The molecule has 2 bridgehead atoms. The van der Waals surface area contributed by atoms with Gasteiger partial charge >= 0.3 is 6.18 Å². The Morgan fingerprint density at radius 3 is 2.33 bits per heavy atom. The van der Waals surface area contributed by atoms with Crippen molar-refractivity contribution in [2.24, 2.45) is 5.92 Å². The molecule has 2 aromatic heterocycles. The average molecular weight is 574 g/mol. The van der Waals surface area contributed by atoms with Crippen LogP contribution in [0.1, 0.15) is 106 Å². The molecule has 1 N–H and O–H groups in total. The summed E-state index contributed by atoms with van der Waals surface area (Å²) in [4.78, 5) is 16.4. The first-order valence-electron chi connectivity index (χ1n) is 13.9. The van der Waals surface area contributed by atoms with Gasteiger partial charge in [-0.25, -0.2) is 8.78 Å². The fourth-order valence-corrected chi connectivity index (χ4v) is 7.53. The fraction of sp³-hybridized carbons (Fsp3) is 0.741. The number of rotatable bonds is 8. The van der Waals surface area contributed by atoms with Crippen LogP contribution in [0.25, 0.3) is 0 Å². The summed E-state index contributed by atoms with van der Waals surface area (Å²) < 4.78 is 69.9. The van der Waals surface area contributed by atoms with Gasteiger partial charge in [0, 0.05) is 54.2 Å². The lowest BCUT2D eigenvalue weighted by atomic mass is 9.86. The second kappa shape index (κ2) is 11.1. The molecule has 0 aromatic carbocycles. The molecule has 216 valence electrons. The number of aromatic nitrogens is 3. The van der Waals surface area contributed by atoms with Gasteiger partial charge in [0.1, 0.15) is 5.82 Å². The Kier molecular flexibility index (Phi) is 8.07. The Morgan fingerprint density at radius 1 is 1.10 bits per heavy atom. The van der Waals surface area contributed by atoms with Crippen LogP contribution in [0.3, 0.4) is 0 Å². The number of halogens is 5. The largest absolute Gasteiger partial charge is 0.451 e. The van der Waals surface area contributed by atoms with Gasteiger partial charge in [0.15, 0.2) is 0 Å². The summed E-state index contributed by atoms with van der Waals surface area (Å²) in [6.07, 6.45) is -0.983. The summed E-state index contributed by atoms with van der Waals surface area (Å²) in [6, 6.07) is 3.68. The van der Waals surface area contributed by atoms with Crippen LogP contribution in [-0.4, -0.2) is 50.1 Å². The number of alkyl halides is 5. The van der Waals surface area contributed by atoms with E-state index in [9.17, 15) is 26.7 Å². The van der Waals surface area contributed by atoms with Gasteiger partial charge in [0.25, 0.3) is 0 Å². The third-order valence-corrected chi connectivity index (χ3v) is 9.67. The van der Waals surface area contributed by atoms with Gasteiger partial charge in [-0.3, -0.25) is 9.69 Å². The molecular weight excluding hydrogens is 537 g/mol. The molecule has 1 aliphatic carbocycles. The van der Waals surface area contributed by atoms with Crippen molar-refractivity contribution < 1.29 is 26.7 Å². The molecule has 2 aromatic rings. The molecule has 5 rings (SSSR count). The van der Waals surface area contributed by atoms with Crippen LogP contribution >= 0.6 is 11.3 Å². The zero-order valence-electron chi connectivity index (χ0n) is 22.3. The predicted octanol–water partition coefficient (Wildman–Crippen LogP) is 6.72. The monoisotopic (exact) mass is 573 g/mol. The van der Waals surface area contributed by atoms with Gasteiger partial charge in [-0.1, -0.05) is 19.9 Å². The molecule has 0 radical (unpaired) electrons. The molecule has 1 unspecified atom stereocenters. The van der Waals surface area contributed by atoms with Crippen molar-refractivity contribution in [3.8, 4) is 0 Å². The minimum absolute atomic E-state index is 0.150. The minimum atomic E-state index is -4.56. The van der Waals surface area contributed by atoms with E-state index >= 15 is 0 Å². The zero-order chi connectivity index (χ0) is 27.9. The lowest BCUT2D eigenvalue weighted by Gasteiger charge is -2.41. The maximum absolute atomic E-state index is 13.8. The Morgan fingerprint density at radius 2 is 1.77 bits per heavy atom. The average Bonchev–Trinajstić information content (AvgIpc) is 3.60. The number of nitrogens with zero attached hydrogens (tertiary/aromatic N) is 4. The van der Waals surface area contributed by atoms with Gasteiger partial charge in [0.2, 0.25) is 17.7 Å². The molecule has 1 amide bonds. The number of nitrogens with one attached hydrogen (secondary N) is 1. The van der Waals surface area contributed by atoms with Crippen LogP contribution in [0.4, 0.5) is 22.0 Å². The number of piperidine rings is 1. The van der Waals surface area contributed by atoms with Crippen molar-refractivity contribution in [2.45, 2.75) is 114 Å². The summed E-state index contributed by atoms with van der Waals surface area (Å²) in [5.41, 5.74) is 0. The Labute approximate surface area is 229 Å². The van der Waals surface area contributed by atoms with Gasteiger partial charge in [-0.15, -0.1) is 21.5 Å². The van der Waals surface area contributed by atoms with Crippen LogP contribution in [0, 0.1) is 5.92 Å². The summed E-state index contributed by atoms with van der Waals surface area (Å²) in [5, 5.41) is 12.5. The smallest absolute Gasteiger partial charge is 0.348 e. The lowest BCUT2D eigenvalue weighted by molar-refractivity contribution is -0.149. The molecule has 3 aliphatic rings. The number of carbonyl (C=O) groups excluding carboxylic acids is 1. The number of fused-ring (bicyclic) bond motifs is 2. The molecule has 6 nitrogen and oxygen atoms in total.